The van der Waals surface area contributed by atoms with Crippen LogP contribution in [0.1, 0.15) is 39.7 Å². The number of benzene rings is 1. The van der Waals surface area contributed by atoms with E-state index in [2.05, 4.69) is 55.0 Å². The second kappa shape index (κ2) is 10.2. The lowest BCUT2D eigenvalue weighted by Gasteiger charge is -2.12. The summed E-state index contributed by atoms with van der Waals surface area (Å²) in [6.07, 6.45) is 1.10. The lowest BCUT2D eigenvalue weighted by Crippen LogP contribution is -2.22. The molecule has 3 nitrogen and oxygen atoms in total. The van der Waals surface area contributed by atoms with Crippen molar-refractivity contribution >= 4 is 15.9 Å². The van der Waals surface area contributed by atoms with Crippen LogP contribution >= 0.6 is 15.9 Å². The lowest BCUT2D eigenvalue weighted by atomic mass is 10.1. The predicted octanol–water partition coefficient (Wildman–Crippen LogP) is 4.39. The van der Waals surface area contributed by atoms with Gasteiger partial charge in [-0.15, -0.1) is 0 Å². The topological polar surface area (TPSA) is 30.5 Å². The van der Waals surface area contributed by atoms with E-state index >= 15 is 0 Å². The van der Waals surface area contributed by atoms with Crippen LogP contribution in [0.3, 0.4) is 0 Å². The van der Waals surface area contributed by atoms with E-state index in [1.165, 1.54) is 5.56 Å². The number of halogens is 1. The standard InChI is InChI=1S/C17H28BrNO2/c1-13(2)7-8-20-9-10-21-16-5-6-17(18)15(11-16)12-19-14(3)4/h5-6,11,13-14,19H,7-10,12H2,1-4H3. The normalized spacial score (nSPS) is 11.4. The Morgan fingerprint density at radius 3 is 2.52 bits per heavy atom. The Kier molecular flexibility index (Phi) is 8.97. The highest BCUT2D eigenvalue weighted by Gasteiger charge is 2.04. The summed E-state index contributed by atoms with van der Waals surface area (Å²) in [5, 5.41) is 3.41. The third-order valence-corrected chi connectivity index (χ3v) is 3.83. The molecular formula is C17H28BrNO2. The minimum absolute atomic E-state index is 0.468. The SMILES string of the molecule is CC(C)CCOCCOc1ccc(Br)c(CNC(C)C)c1. The molecule has 0 aliphatic carbocycles. The molecule has 0 fully saturated rings. The molecule has 0 aliphatic heterocycles. The van der Waals surface area contributed by atoms with E-state index in [0.717, 1.165) is 29.8 Å². The van der Waals surface area contributed by atoms with Crippen molar-refractivity contribution in [3.8, 4) is 5.75 Å². The second-order valence-corrected chi connectivity index (χ2v) is 6.79. The summed E-state index contributed by atoms with van der Waals surface area (Å²) in [7, 11) is 0. The van der Waals surface area contributed by atoms with Crippen molar-refractivity contribution in [2.45, 2.75) is 46.7 Å². The Balaban J connectivity index is 2.33. The zero-order chi connectivity index (χ0) is 15.7. The largest absolute Gasteiger partial charge is 0.491 e. The Bertz CT molecular complexity index is 408. The van der Waals surface area contributed by atoms with E-state index in [1.54, 1.807) is 0 Å². The summed E-state index contributed by atoms with van der Waals surface area (Å²) < 4.78 is 12.4. The molecule has 0 atom stereocenters. The number of hydrogen-bond acceptors (Lipinski definition) is 3. The quantitative estimate of drug-likeness (QED) is 0.630. The van der Waals surface area contributed by atoms with E-state index in [1.807, 2.05) is 12.1 Å². The van der Waals surface area contributed by atoms with Crippen LogP contribution in [-0.2, 0) is 11.3 Å². The molecule has 4 heteroatoms. The van der Waals surface area contributed by atoms with Crippen molar-refractivity contribution in [2.75, 3.05) is 19.8 Å². The molecule has 0 heterocycles. The number of ether oxygens (including phenoxy) is 2. The Morgan fingerprint density at radius 2 is 1.86 bits per heavy atom. The highest BCUT2D eigenvalue weighted by molar-refractivity contribution is 9.10. The molecule has 1 aromatic rings. The van der Waals surface area contributed by atoms with Crippen LogP contribution in [0.2, 0.25) is 0 Å². The summed E-state index contributed by atoms with van der Waals surface area (Å²) in [6, 6.07) is 6.56. The van der Waals surface area contributed by atoms with Crippen LogP contribution < -0.4 is 10.1 Å². The van der Waals surface area contributed by atoms with Crippen molar-refractivity contribution < 1.29 is 9.47 Å². The Labute approximate surface area is 137 Å². The first kappa shape index (κ1) is 18.5. The maximum Gasteiger partial charge on any atom is 0.119 e. The molecule has 0 amide bonds. The highest BCUT2D eigenvalue weighted by Crippen LogP contribution is 2.22. The molecule has 120 valence electrons. The Hall–Kier alpha value is -0.580. The Morgan fingerprint density at radius 1 is 1.10 bits per heavy atom. The molecule has 1 rings (SSSR count). The summed E-state index contributed by atoms with van der Waals surface area (Å²) in [4.78, 5) is 0. The van der Waals surface area contributed by atoms with E-state index in [-0.39, 0.29) is 0 Å². The first-order valence-electron chi connectivity index (χ1n) is 7.71. The maximum absolute atomic E-state index is 5.74. The van der Waals surface area contributed by atoms with Crippen molar-refractivity contribution in [1.29, 1.82) is 0 Å². The second-order valence-electron chi connectivity index (χ2n) is 5.93. The van der Waals surface area contributed by atoms with Crippen LogP contribution in [0.4, 0.5) is 0 Å². The van der Waals surface area contributed by atoms with Gasteiger partial charge in [-0.1, -0.05) is 43.6 Å². The molecule has 0 saturated carbocycles. The van der Waals surface area contributed by atoms with Crippen molar-refractivity contribution in [3.05, 3.63) is 28.2 Å². The third kappa shape index (κ3) is 8.44. The predicted molar refractivity (Wildman–Crippen MR) is 91.9 cm³/mol. The van der Waals surface area contributed by atoms with Crippen LogP contribution in [0, 0.1) is 5.92 Å². The van der Waals surface area contributed by atoms with Gasteiger partial charge in [0.2, 0.25) is 0 Å². The van der Waals surface area contributed by atoms with Gasteiger partial charge in [0, 0.05) is 23.7 Å². The average Bonchev–Trinajstić information content (AvgIpc) is 2.42. The van der Waals surface area contributed by atoms with Gasteiger partial charge in [0.1, 0.15) is 12.4 Å². The monoisotopic (exact) mass is 357 g/mol. The third-order valence-electron chi connectivity index (χ3n) is 3.05. The molecule has 1 aromatic carbocycles. The minimum Gasteiger partial charge on any atom is -0.491 e. The summed E-state index contributed by atoms with van der Waals surface area (Å²) in [6.45, 7) is 11.6. The zero-order valence-corrected chi connectivity index (χ0v) is 15.2. The lowest BCUT2D eigenvalue weighted by molar-refractivity contribution is 0.0925. The summed E-state index contributed by atoms with van der Waals surface area (Å²) in [5.74, 6) is 1.58. The fourth-order valence-electron chi connectivity index (χ4n) is 1.73. The molecule has 0 spiro atoms. The van der Waals surface area contributed by atoms with E-state index in [9.17, 15) is 0 Å². The fourth-order valence-corrected chi connectivity index (χ4v) is 2.12. The zero-order valence-electron chi connectivity index (χ0n) is 13.6. The summed E-state index contributed by atoms with van der Waals surface area (Å²) >= 11 is 3.58. The van der Waals surface area contributed by atoms with Crippen molar-refractivity contribution in [2.24, 2.45) is 5.92 Å². The van der Waals surface area contributed by atoms with Crippen LogP contribution in [0.15, 0.2) is 22.7 Å². The van der Waals surface area contributed by atoms with Crippen molar-refractivity contribution in [1.82, 2.24) is 5.32 Å². The molecule has 0 radical (unpaired) electrons. The number of nitrogens with one attached hydrogen (secondary N) is 1. The molecule has 21 heavy (non-hydrogen) atoms. The first-order chi connectivity index (χ1) is 9.99. The van der Waals surface area contributed by atoms with Gasteiger partial charge in [-0.2, -0.15) is 0 Å². The molecular weight excluding hydrogens is 330 g/mol. The number of rotatable bonds is 10. The van der Waals surface area contributed by atoms with E-state index < -0.39 is 0 Å². The van der Waals surface area contributed by atoms with Crippen LogP contribution in [0.25, 0.3) is 0 Å². The fraction of sp³-hybridized carbons (Fsp3) is 0.647. The van der Waals surface area contributed by atoms with Gasteiger partial charge in [-0.25, -0.2) is 0 Å². The van der Waals surface area contributed by atoms with Gasteiger partial charge in [0.25, 0.3) is 0 Å². The molecule has 0 bridgehead atoms. The number of hydrogen-bond donors (Lipinski definition) is 1. The molecule has 0 aromatic heterocycles. The van der Waals surface area contributed by atoms with Gasteiger partial charge in [0.15, 0.2) is 0 Å². The average molecular weight is 358 g/mol. The van der Waals surface area contributed by atoms with E-state index in [0.29, 0.717) is 25.2 Å². The minimum atomic E-state index is 0.468. The smallest absolute Gasteiger partial charge is 0.119 e. The maximum atomic E-state index is 5.74. The van der Waals surface area contributed by atoms with Crippen LogP contribution in [-0.4, -0.2) is 25.9 Å². The van der Waals surface area contributed by atoms with Gasteiger partial charge in [-0.05, 0) is 36.1 Å². The molecule has 0 saturated heterocycles. The van der Waals surface area contributed by atoms with E-state index in [4.69, 9.17) is 9.47 Å². The molecule has 1 N–H and O–H groups in total. The molecule has 0 unspecified atom stereocenters. The summed E-state index contributed by atoms with van der Waals surface area (Å²) in [5.41, 5.74) is 1.21. The van der Waals surface area contributed by atoms with Crippen molar-refractivity contribution in [3.63, 3.8) is 0 Å². The first-order valence-corrected chi connectivity index (χ1v) is 8.50. The van der Waals surface area contributed by atoms with Gasteiger partial charge in [0.05, 0.1) is 6.61 Å². The van der Waals surface area contributed by atoms with Gasteiger partial charge < -0.3 is 14.8 Å². The van der Waals surface area contributed by atoms with Crippen LogP contribution in [0.5, 0.6) is 5.75 Å². The highest BCUT2D eigenvalue weighted by atomic mass is 79.9. The van der Waals surface area contributed by atoms with Gasteiger partial charge >= 0.3 is 0 Å². The van der Waals surface area contributed by atoms with Gasteiger partial charge in [-0.3, -0.25) is 0 Å². The molecule has 0 aliphatic rings.